The average molecular weight is 211 g/mol. The first-order valence-corrected chi connectivity index (χ1v) is 5.46. The normalized spacial score (nSPS) is 21.0. The average Bonchev–Trinajstić information content (AvgIpc) is 2.87. The SMILES string of the molecule is CNCCc1noc(CC2CCCO2)n1. The summed E-state index contributed by atoms with van der Waals surface area (Å²) in [5, 5.41) is 6.97. The fraction of sp³-hybridized carbons (Fsp3) is 0.800. The smallest absolute Gasteiger partial charge is 0.229 e. The molecule has 5 nitrogen and oxygen atoms in total. The van der Waals surface area contributed by atoms with Crippen LogP contribution in [-0.2, 0) is 17.6 Å². The van der Waals surface area contributed by atoms with E-state index in [1.165, 1.54) is 0 Å². The van der Waals surface area contributed by atoms with Gasteiger partial charge in [0.15, 0.2) is 5.82 Å². The van der Waals surface area contributed by atoms with E-state index in [0.717, 1.165) is 44.7 Å². The van der Waals surface area contributed by atoms with E-state index in [4.69, 9.17) is 9.26 Å². The van der Waals surface area contributed by atoms with Crippen LogP contribution in [0.4, 0.5) is 0 Å². The molecule has 1 saturated heterocycles. The van der Waals surface area contributed by atoms with E-state index in [9.17, 15) is 0 Å². The second kappa shape index (κ2) is 5.23. The van der Waals surface area contributed by atoms with Gasteiger partial charge in [-0.2, -0.15) is 4.98 Å². The maximum absolute atomic E-state index is 5.51. The first kappa shape index (κ1) is 10.6. The lowest BCUT2D eigenvalue weighted by atomic mass is 10.2. The minimum Gasteiger partial charge on any atom is -0.378 e. The van der Waals surface area contributed by atoms with Crippen molar-refractivity contribution in [1.82, 2.24) is 15.5 Å². The molecular weight excluding hydrogens is 194 g/mol. The van der Waals surface area contributed by atoms with Gasteiger partial charge in [0.1, 0.15) is 0 Å². The molecule has 0 aromatic carbocycles. The van der Waals surface area contributed by atoms with E-state index in [2.05, 4.69) is 15.5 Å². The highest BCUT2D eigenvalue weighted by Crippen LogP contribution is 2.16. The molecule has 2 heterocycles. The number of likely N-dealkylation sites (N-methyl/N-ethyl adjacent to an activating group) is 1. The molecule has 1 fully saturated rings. The van der Waals surface area contributed by atoms with Gasteiger partial charge in [0.25, 0.3) is 0 Å². The topological polar surface area (TPSA) is 60.2 Å². The van der Waals surface area contributed by atoms with Crippen LogP contribution in [0.25, 0.3) is 0 Å². The van der Waals surface area contributed by atoms with Crippen LogP contribution in [0.2, 0.25) is 0 Å². The Labute approximate surface area is 89.2 Å². The van der Waals surface area contributed by atoms with Crippen molar-refractivity contribution >= 4 is 0 Å². The summed E-state index contributed by atoms with van der Waals surface area (Å²) in [4.78, 5) is 4.31. The molecule has 0 saturated carbocycles. The van der Waals surface area contributed by atoms with Crippen LogP contribution in [0.15, 0.2) is 4.52 Å². The molecule has 1 unspecified atom stereocenters. The summed E-state index contributed by atoms with van der Waals surface area (Å²) in [6.07, 6.45) is 4.10. The zero-order chi connectivity index (χ0) is 10.5. The highest BCUT2D eigenvalue weighted by atomic mass is 16.5. The summed E-state index contributed by atoms with van der Waals surface area (Å²) >= 11 is 0. The number of hydrogen-bond acceptors (Lipinski definition) is 5. The first-order chi connectivity index (χ1) is 7.38. The maximum atomic E-state index is 5.51. The van der Waals surface area contributed by atoms with Crippen LogP contribution in [0.5, 0.6) is 0 Å². The van der Waals surface area contributed by atoms with Crippen LogP contribution in [0, 0.1) is 0 Å². The van der Waals surface area contributed by atoms with E-state index in [0.29, 0.717) is 5.89 Å². The number of aromatic nitrogens is 2. The van der Waals surface area contributed by atoms with Crippen molar-refractivity contribution in [1.29, 1.82) is 0 Å². The maximum Gasteiger partial charge on any atom is 0.229 e. The molecule has 0 spiro atoms. The fourth-order valence-electron chi connectivity index (χ4n) is 1.71. The zero-order valence-electron chi connectivity index (χ0n) is 9.03. The van der Waals surface area contributed by atoms with Crippen molar-refractivity contribution in [2.24, 2.45) is 0 Å². The summed E-state index contributed by atoms with van der Waals surface area (Å²) < 4.78 is 10.7. The Morgan fingerprint density at radius 2 is 2.47 bits per heavy atom. The van der Waals surface area contributed by atoms with Gasteiger partial charge in [-0.3, -0.25) is 0 Å². The van der Waals surface area contributed by atoms with E-state index < -0.39 is 0 Å². The van der Waals surface area contributed by atoms with E-state index >= 15 is 0 Å². The van der Waals surface area contributed by atoms with Crippen molar-refractivity contribution < 1.29 is 9.26 Å². The lowest BCUT2D eigenvalue weighted by Crippen LogP contribution is -2.11. The van der Waals surface area contributed by atoms with Gasteiger partial charge >= 0.3 is 0 Å². The summed E-state index contributed by atoms with van der Waals surface area (Å²) in [6, 6.07) is 0. The van der Waals surface area contributed by atoms with Gasteiger partial charge in [-0.15, -0.1) is 0 Å². The number of nitrogens with zero attached hydrogens (tertiary/aromatic N) is 2. The number of rotatable bonds is 5. The number of nitrogens with one attached hydrogen (secondary N) is 1. The highest BCUT2D eigenvalue weighted by molar-refractivity contribution is 4.89. The molecule has 0 aliphatic carbocycles. The zero-order valence-corrected chi connectivity index (χ0v) is 9.03. The summed E-state index contributed by atoms with van der Waals surface area (Å²) in [5.74, 6) is 1.48. The molecule has 1 N–H and O–H groups in total. The Morgan fingerprint density at radius 1 is 1.53 bits per heavy atom. The van der Waals surface area contributed by atoms with E-state index in [1.54, 1.807) is 0 Å². The number of hydrogen-bond donors (Lipinski definition) is 1. The molecule has 84 valence electrons. The molecule has 1 aliphatic rings. The van der Waals surface area contributed by atoms with Crippen LogP contribution >= 0.6 is 0 Å². The van der Waals surface area contributed by atoms with E-state index in [1.807, 2.05) is 7.05 Å². The van der Waals surface area contributed by atoms with Gasteiger partial charge in [-0.05, 0) is 19.9 Å². The van der Waals surface area contributed by atoms with Crippen LogP contribution in [0.1, 0.15) is 24.6 Å². The van der Waals surface area contributed by atoms with Crippen molar-refractivity contribution in [3.63, 3.8) is 0 Å². The van der Waals surface area contributed by atoms with E-state index in [-0.39, 0.29) is 6.10 Å². The monoisotopic (exact) mass is 211 g/mol. The predicted molar refractivity (Wildman–Crippen MR) is 54.6 cm³/mol. The Hall–Kier alpha value is -0.940. The molecule has 15 heavy (non-hydrogen) atoms. The third-order valence-corrected chi connectivity index (χ3v) is 2.54. The molecule has 2 rings (SSSR count). The Balaban J connectivity index is 1.83. The van der Waals surface area contributed by atoms with Gasteiger partial charge < -0.3 is 14.6 Å². The minimum atomic E-state index is 0.280. The molecule has 0 amide bonds. The molecule has 1 aromatic rings. The number of ether oxygens (including phenoxy) is 1. The molecule has 0 radical (unpaired) electrons. The van der Waals surface area contributed by atoms with Crippen molar-refractivity contribution in [2.75, 3.05) is 20.2 Å². The molecule has 5 heteroatoms. The summed E-state index contributed by atoms with van der Waals surface area (Å²) in [5.41, 5.74) is 0. The summed E-state index contributed by atoms with van der Waals surface area (Å²) in [7, 11) is 1.91. The third-order valence-electron chi connectivity index (χ3n) is 2.54. The second-order valence-electron chi connectivity index (χ2n) is 3.80. The van der Waals surface area contributed by atoms with Crippen LogP contribution in [-0.4, -0.2) is 36.4 Å². The molecule has 0 bridgehead atoms. The predicted octanol–water partition coefficient (Wildman–Crippen LogP) is 0.553. The highest BCUT2D eigenvalue weighted by Gasteiger charge is 2.19. The molecule has 1 aromatic heterocycles. The van der Waals surface area contributed by atoms with Gasteiger partial charge in [0.2, 0.25) is 5.89 Å². The van der Waals surface area contributed by atoms with Crippen LogP contribution in [0.3, 0.4) is 0 Å². The van der Waals surface area contributed by atoms with Crippen molar-refractivity contribution in [2.45, 2.75) is 31.8 Å². The van der Waals surface area contributed by atoms with Gasteiger partial charge in [-0.1, -0.05) is 5.16 Å². The van der Waals surface area contributed by atoms with Crippen molar-refractivity contribution in [3.8, 4) is 0 Å². The van der Waals surface area contributed by atoms with Gasteiger partial charge in [-0.25, -0.2) is 0 Å². The largest absolute Gasteiger partial charge is 0.378 e. The Kier molecular flexibility index (Phi) is 3.69. The Morgan fingerprint density at radius 3 is 3.20 bits per heavy atom. The Bertz CT molecular complexity index is 295. The fourth-order valence-corrected chi connectivity index (χ4v) is 1.71. The first-order valence-electron chi connectivity index (χ1n) is 5.46. The molecule has 1 aliphatic heterocycles. The minimum absolute atomic E-state index is 0.280. The third kappa shape index (κ3) is 3.00. The van der Waals surface area contributed by atoms with Crippen molar-refractivity contribution in [3.05, 3.63) is 11.7 Å². The lowest BCUT2D eigenvalue weighted by Gasteiger charge is -2.03. The standard InChI is InChI=1S/C10H17N3O2/c1-11-5-4-9-12-10(15-13-9)7-8-3-2-6-14-8/h8,11H,2-7H2,1H3. The lowest BCUT2D eigenvalue weighted by molar-refractivity contribution is 0.104. The quantitative estimate of drug-likeness (QED) is 0.770. The van der Waals surface area contributed by atoms with Gasteiger partial charge in [0, 0.05) is 19.6 Å². The molecule has 1 atom stereocenters. The second-order valence-corrected chi connectivity index (χ2v) is 3.80. The summed E-state index contributed by atoms with van der Waals surface area (Å²) in [6.45, 7) is 1.74. The van der Waals surface area contributed by atoms with Gasteiger partial charge in [0.05, 0.1) is 12.5 Å². The molecular formula is C10H17N3O2. The van der Waals surface area contributed by atoms with Crippen LogP contribution < -0.4 is 5.32 Å².